The Morgan fingerprint density at radius 1 is 0.923 bits per heavy atom. The Bertz CT molecular complexity index is 787. The third-order valence-corrected chi connectivity index (χ3v) is 4.89. The second-order valence-electron chi connectivity index (χ2n) is 6.28. The fraction of sp³-hybridized carbons (Fsp3) is 0.300. The lowest BCUT2D eigenvalue weighted by Gasteiger charge is -2.35. The number of carbonyl (C=O) groups is 2. The van der Waals surface area contributed by atoms with Crippen molar-refractivity contribution in [3.8, 4) is 0 Å². The van der Waals surface area contributed by atoms with Gasteiger partial charge in [-0.15, -0.1) is 0 Å². The van der Waals surface area contributed by atoms with E-state index in [1.54, 1.807) is 46.2 Å². The number of hydrogen-bond donors (Lipinski definition) is 0. The Kier molecular flexibility index (Phi) is 5.89. The van der Waals surface area contributed by atoms with Crippen molar-refractivity contribution in [1.82, 2.24) is 9.80 Å². The third kappa shape index (κ3) is 4.41. The van der Waals surface area contributed by atoms with Gasteiger partial charge in [0.25, 0.3) is 5.91 Å². The summed E-state index contributed by atoms with van der Waals surface area (Å²) in [6.45, 7) is 2.01. The summed E-state index contributed by atoms with van der Waals surface area (Å²) in [6, 6.07) is 13.2. The minimum atomic E-state index is -0.278. The van der Waals surface area contributed by atoms with Gasteiger partial charge in [-0.3, -0.25) is 9.59 Å². The molecule has 26 heavy (non-hydrogen) atoms. The fourth-order valence-electron chi connectivity index (χ4n) is 3.02. The monoisotopic (exact) mass is 374 g/mol. The number of rotatable bonds is 4. The number of amides is 2. The van der Waals surface area contributed by atoms with Crippen molar-refractivity contribution < 1.29 is 14.0 Å². The van der Waals surface area contributed by atoms with E-state index in [0.29, 0.717) is 49.6 Å². The molecule has 3 rings (SSSR count). The molecule has 1 saturated heterocycles. The molecule has 0 N–H and O–H groups in total. The highest BCUT2D eigenvalue weighted by Crippen LogP contribution is 2.18. The lowest BCUT2D eigenvalue weighted by Crippen LogP contribution is -2.50. The molecule has 0 atom stereocenters. The lowest BCUT2D eigenvalue weighted by atomic mass is 10.1. The van der Waals surface area contributed by atoms with Gasteiger partial charge in [-0.2, -0.15) is 0 Å². The van der Waals surface area contributed by atoms with Gasteiger partial charge < -0.3 is 9.80 Å². The second-order valence-corrected chi connectivity index (χ2v) is 6.69. The van der Waals surface area contributed by atoms with E-state index in [0.717, 1.165) is 5.56 Å². The highest BCUT2D eigenvalue weighted by atomic mass is 35.5. The molecule has 2 aromatic carbocycles. The molecule has 1 fully saturated rings. The average molecular weight is 375 g/mol. The van der Waals surface area contributed by atoms with Gasteiger partial charge in [0.1, 0.15) is 5.82 Å². The first kappa shape index (κ1) is 18.4. The Morgan fingerprint density at radius 2 is 1.54 bits per heavy atom. The number of piperazine rings is 1. The van der Waals surface area contributed by atoms with Crippen molar-refractivity contribution in [1.29, 1.82) is 0 Å². The van der Waals surface area contributed by atoms with Crippen molar-refractivity contribution in [2.45, 2.75) is 12.8 Å². The van der Waals surface area contributed by atoms with Crippen LogP contribution in [-0.2, 0) is 11.2 Å². The molecule has 1 aliphatic heterocycles. The van der Waals surface area contributed by atoms with Crippen LogP contribution in [0.15, 0.2) is 48.5 Å². The van der Waals surface area contributed by atoms with E-state index < -0.39 is 0 Å². The number of hydrogen-bond acceptors (Lipinski definition) is 2. The standard InChI is InChI=1S/C20H20ClFN2O2/c21-18-4-2-1-3-17(18)20(26)24-13-11-23(12-14-24)19(25)10-7-15-5-8-16(22)9-6-15/h1-6,8-9H,7,10-14H2. The Morgan fingerprint density at radius 3 is 2.19 bits per heavy atom. The molecule has 0 unspecified atom stereocenters. The molecule has 1 heterocycles. The van der Waals surface area contributed by atoms with Crippen molar-refractivity contribution in [2.24, 2.45) is 0 Å². The second kappa shape index (κ2) is 8.32. The number of halogens is 2. The molecule has 0 aromatic heterocycles. The molecular weight excluding hydrogens is 355 g/mol. The van der Waals surface area contributed by atoms with E-state index in [1.165, 1.54) is 12.1 Å². The number of benzene rings is 2. The molecule has 2 aromatic rings. The van der Waals surface area contributed by atoms with Gasteiger partial charge in [0.05, 0.1) is 10.6 Å². The maximum Gasteiger partial charge on any atom is 0.255 e. The van der Waals surface area contributed by atoms with E-state index >= 15 is 0 Å². The molecule has 2 amide bonds. The zero-order chi connectivity index (χ0) is 18.5. The van der Waals surface area contributed by atoms with Crippen LogP contribution >= 0.6 is 11.6 Å². The molecule has 136 valence electrons. The number of carbonyl (C=O) groups excluding carboxylic acids is 2. The van der Waals surface area contributed by atoms with Crippen LogP contribution in [-0.4, -0.2) is 47.8 Å². The van der Waals surface area contributed by atoms with Crippen LogP contribution in [0.25, 0.3) is 0 Å². The summed E-state index contributed by atoms with van der Waals surface area (Å²) in [6.07, 6.45) is 0.960. The molecule has 0 spiro atoms. The van der Waals surface area contributed by atoms with Gasteiger partial charge in [-0.05, 0) is 36.2 Å². The van der Waals surface area contributed by atoms with Gasteiger partial charge in [-0.25, -0.2) is 4.39 Å². The van der Waals surface area contributed by atoms with Gasteiger partial charge in [0.2, 0.25) is 5.91 Å². The SMILES string of the molecule is O=C(CCc1ccc(F)cc1)N1CCN(C(=O)c2ccccc2Cl)CC1. The first-order valence-corrected chi connectivity index (χ1v) is 8.98. The summed E-state index contributed by atoms with van der Waals surface area (Å²) in [7, 11) is 0. The maximum absolute atomic E-state index is 12.9. The molecule has 6 heteroatoms. The van der Waals surface area contributed by atoms with Crippen molar-refractivity contribution in [2.75, 3.05) is 26.2 Å². The van der Waals surface area contributed by atoms with Crippen molar-refractivity contribution in [3.63, 3.8) is 0 Å². The predicted molar refractivity (Wildman–Crippen MR) is 98.7 cm³/mol. The summed E-state index contributed by atoms with van der Waals surface area (Å²) >= 11 is 6.09. The van der Waals surface area contributed by atoms with Crippen LogP contribution in [0.4, 0.5) is 4.39 Å². The number of nitrogens with zero attached hydrogens (tertiary/aromatic N) is 2. The highest BCUT2D eigenvalue weighted by Gasteiger charge is 2.25. The van der Waals surface area contributed by atoms with Crippen LogP contribution in [0.1, 0.15) is 22.3 Å². The van der Waals surface area contributed by atoms with Crippen LogP contribution < -0.4 is 0 Å². The van der Waals surface area contributed by atoms with Crippen LogP contribution in [0.3, 0.4) is 0 Å². The Labute approximate surface area is 157 Å². The summed E-state index contributed by atoms with van der Waals surface area (Å²) in [5, 5.41) is 0.440. The molecule has 4 nitrogen and oxygen atoms in total. The van der Waals surface area contributed by atoms with Gasteiger partial charge >= 0.3 is 0 Å². The molecule has 0 radical (unpaired) electrons. The van der Waals surface area contributed by atoms with Gasteiger partial charge in [-0.1, -0.05) is 35.9 Å². The minimum Gasteiger partial charge on any atom is -0.339 e. The van der Waals surface area contributed by atoms with E-state index in [-0.39, 0.29) is 17.6 Å². The zero-order valence-corrected chi connectivity index (χ0v) is 15.1. The van der Waals surface area contributed by atoms with Crippen molar-refractivity contribution in [3.05, 3.63) is 70.5 Å². The smallest absolute Gasteiger partial charge is 0.255 e. The van der Waals surface area contributed by atoms with E-state index in [4.69, 9.17) is 11.6 Å². The van der Waals surface area contributed by atoms with E-state index in [2.05, 4.69) is 0 Å². The van der Waals surface area contributed by atoms with E-state index in [9.17, 15) is 14.0 Å². The summed E-state index contributed by atoms with van der Waals surface area (Å²) in [4.78, 5) is 28.4. The fourth-order valence-corrected chi connectivity index (χ4v) is 3.24. The van der Waals surface area contributed by atoms with Crippen molar-refractivity contribution >= 4 is 23.4 Å². The van der Waals surface area contributed by atoms with Gasteiger partial charge in [0.15, 0.2) is 0 Å². The molecular formula is C20H20ClFN2O2. The first-order valence-electron chi connectivity index (χ1n) is 8.60. The van der Waals surface area contributed by atoms with E-state index in [1.807, 2.05) is 0 Å². The minimum absolute atomic E-state index is 0.0548. The predicted octanol–water partition coefficient (Wildman–Crippen LogP) is 3.40. The van der Waals surface area contributed by atoms with Crippen LogP contribution in [0.2, 0.25) is 5.02 Å². The lowest BCUT2D eigenvalue weighted by molar-refractivity contribution is -0.132. The third-order valence-electron chi connectivity index (χ3n) is 4.56. The molecule has 0 bridgehead atoms. The molecule has 0 saturated carbocycles. The summed E-state index contributed by atoms with van der Waals surface area (Å²) in [5.74, 6) is -0.326. The topological polar surface area (TPSA) is 40.6 Å². The van der Waals surface area contributed by atoms with Gasteiger partial charge in [0, 0.05) is 32.6 Å². The highest BCUT2D eigenvalue weighted by molar-refractivity contribution is 6.33. The largest absolute Gasteiger partial charge is 0.339 e. The maximum atomic E-state index is 12.9. The summed E-state index contributed by atoms with van der Waals surface area (Å²) < 4.78 is 12.9. The molecule has 1 aliphatic rings. The quantitative estimate of drug-likeness (QED) is 0.823. The van der Waals surface area contributed by atoms with Crippen LogP contribution in [0, 0.1) is 5.82 Å². The first-order chi connectivity index (χ1) is 12.5. The Hall–Kier alpha value is -2.40. The van der Waals surface area contributed by atoms with Crippen LogP contribution in [0.5, 0.6) is 0 Å². The Balaban J connectivity index is 1.50. The summed E-state index contributed by atoms with van der Waals surface area (Å²) in [5.41, 5.74) is 1.43. The zero-order valence-electron chi connectivity index (χ0n) is 14.3. The molecule has 0 aliphatic carbocycles. The average Bonchev–Trinajstić information content (AvgIpc) is 2.67. The normalized spacial score (nSPS) is 14.4. The number of aryl methyl sites for hydroxylation is 1.